The van der Waals surface area contributed by atoms with Crippen molar-refractivity contribution in [3.63, 3.8) is 0 Å². The van der Waals surface area contributed by atoms with Gasteiger partial charge in [0.2, 0.25) is 0 Å². The SMILES string of the molecule is COCC(C)NC(=O)COc1ccc(C(C)=NO)cc1. The fraction of sp³-hybridized carbons (Fsp3) is 0.429. The van der Waals surface area contributed by atoms with Gasteiger partial charge in [-0.1, -0.05) is 5.16 Å². The Hall–Kier alpha value is -2.08. The number of hydrogen-bond acceptors (Lipinski definition) is 5. The Bertz CT molecular complexity index is 457. The summed E-state index contributed by atoms with van der Waals surface area (Å²) in [5.74, 6) is 0.376. The molecule has 0 aromatic heterocycles. The maximum atomic E-state index is 11.6. The van der Waals surface area contributed by atoms with Gasteiger partial charge in [-0.05, 0) is 43.7 Å². The van der Waals surface area contributed by atoms with Crippen LogP contribution < -0.4 is 10.1 Å². The van der Waals surface area contributed by atoms with Gasteiger partial charge in [0.05, 0.1) is 12.3 Å². The van der Waals surface area contributed by atoms with E-state index in [9.17, 15) is 4.79 Å². The molecule has 6 nitrogen and oxygen atoms in total. The van der Waals surface area contributed by atoms with Crippen LogP contribution in [0.5, 0.6) is 5.75 Å². The summed E-state index contributed by atoms with van der Waals surface area (Å²) in [6.07, 6.45) is 0. The van der Waals surface area contributed by atoms with Crippen LogP contribution in [0.1, 0.15) is 19.4 Å². The van der Waals surface area contributed by atoms with Crippen molar-refractivity contribution in [2.24, 2.45) is 5.16 Å². The minimum atomic E-state index is -0.202. The molecular weight excluding hydrogens is 260 g/mol. The molecule has 0 fully saturated rings. The maximum Gasteiger partial charge on any atom is 0.258 e. The number of amides is 1. The summed E-state index contributed by atoms with van der Waals surface area (Å²) in [7, 11) is 1.58. The van der Waals surface area contributed by atoms with Gasteiger partial charge in [0.1, 0.15) is 5.75 Å². The Morgan fingerprint density at radius 2 is 2.05 bits per heavy atom. The van der Waals surface area contributed by atoms with E-state index in [0.29, 0.717) is 18.1 Å². The molecule has 1 aromatic carbocycles. The third-order valence-electron chi connectivity index (χ3n) is 2.62. The zero-order valence-electron chi connectivity index (χ0n) is 11.9. The van der Waals surface area contributed by atoms with Crippen molar-refractivity contribution in [2.45, 2.75) is 19.9 Å². The number of rotatable bonds is 7. The van der Waals surface area contributed by atoms with Crippen LogP contribution >= 0.6 is 0 Å². The Balaban J connectivity index is 2.44. The molecule has 110 valence electrons. The highest BCUT2D eigenvalue weighted by molar-refractivity contribution is 5.98. The van der Waals surface area contributed by atoms with E-state index in [1.54, 1.807) is 38.3 Å². The Morgan fingerprint density at radius 3 is 2.60 bits per heavy atom. The molecule has 1 rings (SSSR count). The Morgan fingerprint density at radius 1 is 1.40 bits per heavy atom. The third-order valence-corrected chi connectivity index (χ3v) is 2.62. The van der Waals surface area contributed by atoms with Crippen LogP contribution in [-0.2, 0) is 9.53 Å². The Labute approximate surface area is 118 Å². The first-order valence-electron chi connectivity index (χ1n) is 6.27. The number of nitrogens with one attached hydrogen (secondary N) is 1. The van der Waals surface area contributed by atoms with Gasteiger partial charge in [0.25, 0.3) is 5.91 Å². The zero-order valence-corrected chi connectivity index (χ0v) is 11.9. The molecule has 20 heavy (non-hydrogen) atoms. The summed E-state index contributed by atoms with van der Waals surface area (Å²) in [6, 6.07) is 6.90. The molecule has 1 atom stereocenters. The minimum absolute atomic E-state index is 0.0538. The lowest BCUT2D eigenvalue weighted by molar-refractivity contribution is -0.124. The molecule has 0 aliphatic rings. The molecule has 0 aliphatic carbocycles. The second-order valence-electron chi connectivity index (χ2n) is 4.42. The predicted octanol–water partition coefficient (Wildman–Crippen LogP) is 1.41. The van der Waals surface area contributed by atoms with E-state index >= 15 is 0 Å². The lowest BCUT2D eigenvalue weighted by atomic mass is 10.1. The molecule has 0 aliphatic heterocycles. The highest BCUT2D eigenvalue weighted by atomic mass is 16.5. The number of carbonyl (C=O) groups is 1. The summed E-state index contributed by atoms with van der Waals surface area (Å²) < 4.78 is 10.3. The molecule has 2 N–H and O–H groups in total. The first kappa shape index (κ1) is 16.0. The van der Waals surface area contributed by atoms with Crippen LogP contribution in [0.2, 0.25) is 0 Å². The molecule has 0 saturated carbocycles. The topological polar surface area (TPSA) is 80.2 Å². The first-order chi connectivity index (χ1) is 9.56. The smallest absolute Gasteiger partial charge is 0.258 e. The minimum Gasteiger partial charge on any atom is -0.484 e. The molecule has 1 amide bonds. The monoisotopic (exact) mass is 280 g/mol. The van der Waals surface area contributed by atoms with Gasteiger partial charge < -0.3 is 20.0 Å². The quantitative estimate of drug-likeness (QED) is 0.449. The van der Waals surface area contributed by atoms with Crippen LogP contribution in [0, 0.1) is 0 Å². The molecule has 0 saturated heterocycles. The van der Waals surface area contributed by atoms with E-state index in [4.69, 9.17) is 14.7 Å². The highest BCUT2D eigenvalue weighted by Crippen LogP contribution is 2.12. The summed E-state index contributed by atoms with van der Waals surface area (Å²) >= 11 is 0. The average Bonchev–Trinajstić information content (AvgIpc) is 2.45. The second-order valence-corrected chi connectivity index (χ2v) is 4.42. The van der Waals surface area contributed by atoms with Crippen LogP contribution in [0.4, 0.5) is 0 Å². The molecule has 0 radical (unpaired) electrons. The number of nitrogens with zero attached hydrogens (tertiary/aromatic N) is 1. The average molecular weight is 280 g/mol. The predicted molar refractivity (Wildman–Crippen MR) is 75.4 cm³/mol. The number of hydrogen-bond donors (Lipinski definition) is 2. The van der Waals surface area contributed by atoms with Gasteiger partial charge in [-0.25, -0.2) is 0 Å². The summed E-state index contributed by atoms with van der Waals surface area (Å²) in [4.78, 5) is 11.6. The van der Waals surface area contributed by atoms with Crippen molar-refractivity contribution in [3.05, 3.63) is 29.8 Å². The van der Waals surface area contributed by atoms with E-state index in [1.165, 1.54) is 0 Å². The normalized spacial score (nSPS) is 12.8. The summed E-state index contributed by atoms with van der Waals surface area (Å²) in [5, 5.41) is 14.5. The first-order valence-corrected chi connectivity index (χ1v) is 6.27. The van der Waals surface area contributed by atoms with Gasteiger partial charge in [-0.3, -0.25) is 4.79 Å². The van der Waals surface area contributed by atoms with Crippen LogP contribution in [-0.4, -0.2) is 43.2 Å². The summed E-state index contributed by atoms with van der Waals surface area (Å²) in [6.45, 7) is 3.95. The summed E-state index contributed by atoms with van der Waals surface area (Å²) in [5.41, 5.74) is 1.31. The van der Waals surface area contributed by atoms with E-state index in [2.05, 4.69) is 10.5 Å². The standard InChI is InChI=1S/C14H20N2O4/c1-10(8-19-3)15-14(17)9-20-13-6-4-12(5-7-13)11(2)16-18/h4-7,10,18H,8-9H2,1-3H3,(H,15,17). The second kappa shape index (κ2) is 8.16. The van der Waals surface area contributed by atoms with Crippen molar-refractivity contribution in [2.75, 3.05) is 20.3 Å². The maximum absolute atomic E-state index is 11.6. The zero-order chi connectivity index (χ0) is 15.0. The molecule has 0 heterocycles. The number of benzene rings is 1. The van der Waals surface area contributed by atoms with E-state index in [0.717, 1.165) is 5.56 Å². The van der Waals surface area contributed by atoms with Crippen molar-refractivity contribution in [3.8, 4) is 5.75 Å². The van der Waals surface area contributed by atoms with Crippen molar-refractivity contribution in [1.29, 1.82) is 0 Å². The molecular formula is C14H20N2O4. The van der Waals surface area contributed by atoms with Gasteiger partial charge in [0, 0.05) is 13.2 Å². The molecule has 1 unspecified atom stereocenters. The van der Waals surface area contributed by atoms with Crippen LogP contribution in [0.25, 0.3) is 0 Å². The third kappa shape index (κ3) is 5.27. The number of ether oxygens (including phenoxy) is 2. The molecule has 0 bridgehead atoms. The molecule has 6 heteroatoms. The number of oxime groups is 1. The van der Waals surface area contributed by atoms with E-state index in [-0.39, 0.29) is 18.6 Å². The highest BCUT2D eigenvalue weighted by Gasteiger charge is 2.07. The van der Waals surface area contributed by atoms with Gasteiger partial charge in [0.15, 0.2) is 6.61 Å². The van der Waals surface area contributed by atoms with Crippen LogP contribution in [0.15, 0.2) is 29.4 Å². The van der Waals surface area contributed by atoms with E-state index < -0.39 is 0 Å². The van der Waals surface area contributed by atoms with Gasteiger partial charge >= 0.3 is 0 Å². The van der Waals surface area contributed by atoms with Crippen LogP contribution in [0.3, 0.4) is 0 Å². The largest absolute Gasteiger partial charge is 0.484 e. The lowest BCUT2D eigenvalue weighted by Crippen LogP contribution is -2.38. The lowest BCUT2D eigenvalue weighted by Gasteiger charge is -2.13. The van der Waals surface area contributed by atoms with E-state index in [1.807, 2.05) is 6.92 Å². The Kier molecular flexibility index (Phi) is 6.52. The fourth-order valence-corrected chi connectivity index (χ4v) is 1.61. The number of methoxy groups -OCH3 is 1. The van der Waals surface area contributed by atoms with Crippen molar-refractivity contribution in [1.82, 2.24) is 5.32 Å². The van der Waals surface area contributed by atoms with Crippen molar-refractivity contribution >= 4 is 11.6 Å². The van der Waals surface area contributed by atoms with Gasteiger partial charge in [-0.2, -0.15) is 0 Å². The molecule has 0 spiro atoms. The van der Waals surface area contributed by atoms with Gasteiger partial charge in [-0.15, -0.1) is 0 Å². The van der Waals surface area contributed by atoms with Crippen molar-refractivity contribution < 1.29 is 19.5 Å². The molecule has 1 aromatic rings. The number of carbonyl (C=O) groups excluding carboxylic acids is 1. The fourth-order valence-electron chi connectivity index (χ4n) is 1.61.